The first-order valence-corrected chi connectivity index (χ1v) is 8.05. The Hall–Kier alpha value is -1.68. The van der Waals surface area contributed by atoms with Crippen molar-refractivity contribution in [3.05, 3.63) is 35.9 Å². The molecular weight excluding hydrogens is 278 g/mol. The molecule has 1 atom stereocenters. The van der Waals surface area contributed by atoms with Crippen LogP contribution in [0.5, 0.6) is 0 Å². The molecule has 1 saturated heterocycles. The fourth-order valence-corrected chi connectivity index (χ4v) is 2.99. The van der Waals surface area contributed by atoms with Crippen LogP contribution in [0.4, 0.5) is 0 Å². The Kier molecular flexibility index (Phi) is 6.59. The molecule has 120 valence electrons. The van der Waals surface area contributed by atoms with Gasteiger partial charge in [-0.3, -0.25) is 9.59 Å². The third-order valence-corrected chi connectivity index (χ3v) is 4.16. The molecule has 0 N–H and O–H groups in total. The minimum absolute atomic E-state index is 0.115. The van der Waals surface area contributed by atoms with Crippen LogP contribution in [0.3, 0.4) is 0 Å². The van der Waals surface area contributed by atoms with E-state index in [1.807, 2.05) is 35.2 Å². The molecule has 4 heteroatoms. The highest BCUT2D eigenvalue weighted by atomic mass is 16.5. The Morgan fingerprint density at radius 1 is 1.23 bits per heavy atom. The minimum Gasteiger partial charge on any atom is -0.384 e. The maximum Gasteiger partial charge on any atom is 0.222 e. The Morgan fingerprint density at radius 3 is 2.73 bits per heavy atom. The smallest absolute Gasteiger partial charge is 0.222 e. The minimum atomic E-state index is 0.115. The highest BCUT2D eigenvalue weighted by Crippen LogP contribution is 2.18. The number of benzene rings is 1. The third kappa shape index (κ3) is 4.95. The lowest BCUT2D eigenvalue weighted by Crippen LogP contribution is -2.41. The zero-order valence-corrected chi connectivity index (χ0v) is 13.3. The van der Waals surface area contributed by atoms with Crippen molar-refractivity contribution in [2.24, 2.45) is 5.92 Å². The van der Waals surface area contributed by atoms with Gasteiger partial charge in [0.1, 0.15) is 0 Å². The second-order valence-corrected chi connectivity index (χ2v) is 5.95. The normalized spacial score (nSPS) is 18.2. The van der Waals surface area contributed by atoms with Crippen molar-refractivity contribution >= 4 is 11.7 Å². The molecule has 1 aromatic carbocycles. The predicted molar refractivity (Wildman–Crippen MR) is 85.8 cm³/mol. The van der Waals surface area contributed by atoms with Crippen molar-refractivity contribution in [3.63, 3.8) is 0 Å². The van der Waals surface area contributed by atoms with Crippen LogP contribution < -0.4 is 0 Å². The Balaban J connectivity index is 1.72. The van der Waals surface area contributed by atoms with Crippen LogP contribution in [0.2, 0.25) is 0 Å². The van der Waals surface area contributed by atoms with E-state index in [1.165, 1.54) is 0 Å². The molecule has 0 radical (unpaired) electrons. The van der Waals surface area contributed by atoms with Gasteiger partial charge < -0.3 is 9.64 Å². The van der Waals surface area contributed by atoms with Gasteiger partial charge in [-0.2, -0.15) is 0 Å². The van der Waals surface area contributed by atoms with Gasteiger partial charge in [0.25, 0.3) is 0 Å². The average molecular weight is 303 g/mol. The molecule has 4 nitrogen and oxygen atoms in total. The number of piperidine rings is 1. The summed E-state index contributed by atoms with van der Waals surface area (Å²) in [5, 5.41) is 0. The van der Waals surface area contributed by atoms with Gasteiger partial charge in [0, 0.05) is 38.6 Å². The first-order chi connectivity index (χ1) is 10.7. The van der Waals surface area contributed by atoms with E-state index in [9.17, 15) is 9.59 Å². The van der Waals surface area contributed by atoms with Gasteiger partial charge in [-0.25, -0.2) is 0 Å². The Bertz CT molecular complexity index is 484. The lowest BCUT2D eigenvalue weighted by molar-refractivity contribution is -0.133. The van der Waals surface area contributed by atoms with E-state index in [-0.39, 0.29) is 11.7 Å². The first kappa shape index (κ1) is 16.7. The van der Waals surface area contributed by atoms with E-state index < -0.39 is 0 Å². The number of carbonyl (C=O) groups is 2. The van der Waals surface area contributed by atoms with Crippen LogP contribution in [0, 0.1) is 5.92 Å². The maximum atomic E-state index is 12.2. The average Bonchev–Trinajstić information content (AvgIpc) is 2.56. The summed E-state index contributed by atoms with van der Waals surface area (Å²) in [5.74, 6) is 0.736. The van der Waals surface area contributed by atoms with E-state index in [1.54, 1.807) is 7.11 Å². The molecule has 0 aliphatic carbocycles. The van der Waals surface area contributed by atoms with E-state index in [0.29, 0.717) is 25.2 Å². The van der Waals surface area contributed by atoms with Crippen LogP contribution in [0.25, 0.3) is 0 Å². The van der Waals surface area contributed by atoms with Crippen LogP contribution in [0.1, 0.15) is 42.5 Å². The van der Waals surface area contributed by atoms with Crippen LogP contribution in [0.15, 0.2) is 30.3 Å². The van der Waals surface area contributed by atoms with Gasteiger partial charge in [0.15, 0.2) is 5.78 Å². The van der Waals surface area contributed by atoms with Crippen LogP contribution in [-0.2, 0) is 9.53 Å². The van der Waals surface area contributed by atoms with E-state index in [2.05, 4.69) is 0 Å². The molecule has 0 spiro atoms. The number of methoxy groups -OCH3 is 1. The summed E-state index contributed by atoms with van der Waals surface area (Å²) in [5.41, 5.74) is 0.730. The van der Waals surface area contributed by atoms with Crippen LogP contribution in [-0.4, -0.2) is 43.4 Å². The summed E-state index contributed by atoms with van der Waals surface area (Å²) in [6.07, 6.45) is 3.69. The molecule has 1 heterocycles. The molecule has 1 aliphatic heterocycles. The summed E-state index contributed by atoms with van der Waals surface area (Å²) in [6, 6.07) is 9.27. The van der Waals surface area contributed by atoms with Gasteiger partial charge in [0.05, 0.1) is 6.61 Å². The van der Waals surface area contributed by atoms with E-state index in [0.717, 1.165) is 38.1 Å². The molecule has 1 unspecified atom stereocenters. The zero-order valence-electron chi connectivity index (χ0n) is 13.3. The predicted octanol–water partition coefficient (Wildman–Crippen LogP) is 2.92. The number of ketones is 1. The van der Waals surface area contributed by atoms with Gasteiger partial charge in [-0.15, -0.1) is 0 Å². The van der Waals surface area contributed by atoms with Gasteiger partial charge >= 0.3 is 0 Å². The highest BCUT2D eigenvalue weighted by molar-refractivity contribution is 5.96. The Morgan fingerprint density at radius 2 is 2.00 bits per heavy atom. The molecule has 2 rings (SSSR count). The maximum absolute atomic E-state index is 12.2. The Labute approximate surface area is 132 Å². The second-order valence-electron chi connectivity index (χ2n) is 5.95. The summed E-state index contributed by atoms with van der Waals surface area (Å²) in [4.78, 5) is 26.2. The van der Waals surface area contributed by atoms with E-state index >= 15 is 0 Å². The van der Waals surface area contributed by atoms with Crippen molar-refractivity contribution in [2.75, 3.05) is 26.8 Å². The van der Waals surface area contributed by atoms with Gasteiger partial charge in [-0.1, -0.05) is 30.3 Å². The number of likely N-dealkylation sites (tertiary alicyclic amines) is 1. The topological polar surface area (TPSA) is 46.6 Å². The fourth-order valence-electron chi connectivity index (χ4n) is 2.99. The second kappa shape index (κ2) is 8.69. The number of amides is 1. The molecule has 0 bridgehead atoms. The summed E-state index contributed by atoms with van der Waals surface area (Å²) in [7, 11) is 1.70. The number of hydrogen-bond donors (Lipinski definition) is 0. The van der Waals surface area contributed by atoms with Crippen molar-refractivity contribution in [1.29, 1.82) is 0 Å². The summed E-state index contributed by atoms with van der Waals surface area (Å²) < 4.78 is 5.19. The molecular formula is C18H25NO3. The summed E-state index contributed by atoms with van der Waals surface area (Å²) in [6.45, 7) is 2.35. The molecule has 1 amide bonds. The standard InChI is InChI=1S/C18H25NO3/c1-22-14-15-7-6-12-19(13-15)18(21)11-5-10-17(20)16-8-3-2-4-9-16/h2-4,8-9,15H,5-7,10-14H2,1H3. The number of ether oxygens (including phenoxy) is 1. The lowest BCUT2D eigenvalue weighted by Gasteiger charge is -2.32. The van der Waals surface area contributed by atoms with Crippen molar-refractivity contribution in [2.45, 2.75) is 32.1 Å². The lowest BCUT2D eigenvalue weighted by atomic mass is 9.98. The molecule has 1 aliphatic rings. The molecule has 22 heavy (non-hydrogen) atoms. The van der Waals surface area contributed by atoms with Crippen molar-refractivity contribution in [3.8, 4) is 0 Å². The molecule has 1 aromatic rings. The highest BCUT2D eigenvalue weighted by Gasteiger charge is 2.23. The van der Waals surface area contributed by atoms with Gasteiger partial charge in [0.2, 0.25) is 5.91 Å². The quantitative estimate of drug-likeness (QED) is 0.728. The summed E-state index contributed by atoms with van der Waals surface area (Å²) >= 11 is 0. The third-order valence-electron chi connectivity index (χ3n) is 4.16. The van der Waals surface area contributed by atoms with Gasteiger partial charge in [-0.05, 0) is 25.2 Å². The number of carbonyl (C=O) groups excluding carboxylic acids is 2. The number of rotatable bonds is 7. The SMILES string of the molecule is COCC1CCCN(C(=O)CCCC(=O)c2ccccc2)C1. The molecule has 0 aromatic heterocycles. The van der Waals surface area contributed by atoms with Crippen LogP contribution >= 0.6 is 0 Å². The molecule has 0 saturated carbocycles. The largest absolute Gasteiger partial charge is 0.384 e. The number of Topliss-reactive ketones (excluding diaryl/α,β-unsaturated/α-hetero) is 1. The van der Waals surface area contributed by atoms with E-state index in [4.69, 9.17) is 4.74 Å². The zero-order chi connectivity index (χ0) is 15.8. The fraction of sp³-hybridized carbons (Fsp3) is 0.556. The van der Waals surface area contributed by atoms with Crippen molar-refractivity contribution in [1.82, 2.24) is 4.90 Å². The number of nitrogens with zero attached hydrogens (tertiary/aromatic N) is 1. The first-order valence-electron chi connectivity index (χ1n) is 8.05. The molecule has 1 fully saturated rings. The number of hydrogen-bond acceptors (Lipinski definition) is 3. The monoisotopic (exact) mass is 303 g/mol. The van der Waals surface area contributed by atoms with Crippen molar-refractivity contribution < 1.29 is 14.3 Å².